The smallest absolute Gasteiger partial charge is 0.241 e. The van der Waals surface area contributed by atoms with Crippen molar-refractivity contribution in [3.63, 3.8) is 0 Å². The number of nitrogens with two attached hydrogens (primary N) is 1. The van der Waals surface area contributed by atoms with Gasteiger partial charge in [0.1, 0.15) is 0 Å². The highest BCUT2D eigenvalue weighted by Crippen LogP contribution is 2.45. The van der Waals surface area contributed by atoms with Gasteiger partial charge < -0.3 is 5.73 Å². The molecule has 3 rings (SSSR count). The Balaban J connectivity index is 1.83. The van der Waals surface area contributed by atoms with E-state index in [4.69, 9.17) is 5.73 Å². The number of hydrogen-bond acceptors (Lipinski definition) is 3. The molecule has 104 valence electrons. The maximum Gasteiger partial charge on any atom is 0.241 e. The predicted molar refractivity (Wildman–Crippen MR) is 78.1 cm³/mol. The fraction of sp³-hybridized carbons (Fsp3) is 0.538. The molecule has 4 nitrogen and oxygen atoms in total. The summed E-state index contributed by atoms with van der Waals surface area (Å²) in [6.45, 7) is 0. The van der Waals surface area contributed by atoms with Crippen LogP contribution in [0.2, 0.25) is 0 Å². The van der Waals surface area contributed by atoms with Crippen LogP contribution in [0.4, 0.5) is 5.69 Å². The van der Waals surface area contributed by atoms with Gasteiger partial charge in [-0.2, -0.15) is 0 Å². The lowest BCUT2D eigenvalue weighted by molar-refractivity contribution is 0.390. The third-order valence-electron chi connectivity index (χ3n) is 4.29. The molecule has 1 aromatic carbocycles. The molecule has 19 heavy (non-hydrogen) atoms. The Morgan fingerprint density at radius 1 is 1.26 bits per heavy atom. The Labute approximate surface area is 121 Å². The Bertz CT molecular complexity index is 603. The number of benzene rings is 1. The maximum atomic E-state index is 12.4. The zero-order valence-electron chi connectivity index (χ0n) is 10.5. The van der Waals surface area contributed by atoms with E-state index in [0.29, 0.717) is 22.0 Å². The highest BCUT2D eigenvalue weighted by molar-refractivity contribution is 9.10. The Hall–Kier alpha value is -0.590. The first-order valence-electron chi connectivity index (χ1n) is 6.53. The molecule has 2 aliphatic carbocycles. The van der Waals surface area contributed by atoms with Gasteiger partial charge in [-0.05, 0) is 65.2 Å². The fourth-order valence-corrected chi connectivity index (χ4v) is 5.80. The van der Waals surface area contributed by atoms with E-state index in [2.05, 4.69) is 20.7 Å². The topological polar surface area (TPSA) is 72.2 Å². The summed E-state index contributed by atoms with van der Waals surface area (Å²) in [5, 5.41) is 0. The average molecular weight is 345 g/mol. The summed E-state index contributed by atoms with van der Waals surface area (Å²) in [5.74, 6) is 1.24. The monoisotopic (exact) mass is 344 g/mol. The van der Waals surface area contributed by atoms with E-state index in [1.165, 1.54) is 12.8 Å². The van der Waals surface area contributed by atoms with E-state index in [1.807, 2.05) is 0 Å². The summed E-state index contributed by atoms with van der Waals surface area (Å²) < 4.78 is 28.2. The molecule has 0 radical (unpaired) electrons. The number of fused-ring (bicyclic) bond motifs is 2. The van der Waals surface area contributed by atoms with Crippen LogP contribution >= 0.6 is 15.9 Å². The van der Waals surface area contributed by atoms with Crippen LogP contribution in [0, 0.1) is 11.8 Å². The molecule has 0 amide bonds. The molecule has 2 bridgehead atoms. The van der Waals surface area contributed by atoms with Crippen molar-refractivity contribution in [3.8, 4) is 0 Å². The van der Waals surface area contributed by atoms with Gasteiger partial charge in [0.15, 0.2) is 0 Å². The summed E-state index contributed by atoms with van der Waals surface area (Å²) in [5.41, 5.74) is 6.19. The summed E-state index contributed by atoms with van der Waals surface area (Å²) >= 11 is 3.27. The van der Waals surface area contributed by atoms with Crippen molar-refractivity contribution in [1.82, 2.24) is 4.72 Å². The first-order chi connectivity index (χ1) is 8.95. The molecule has 0 aliphatic heterocycles. The van der Waals surface area contributed by atoms with Crippen LogP contribution in [0.15, 0.2) is 27.6 Å². The fourth-order valence-electron chi connectivity index (χ4n) is 3.39. The standard InChI is InChI=1S/C13H17BrN2O2S/c14-11-7-10(15)3-4-13(11)19(17,18)16-12-6-8-1-2-9(12)5-8/h3-4,7-9,12,16H,1-2,5-6,15H2. The molecule has 2 aliphatic rings. The molecule has 0 aromatic heterocycles. The van der Waals surface area contributed by atoms with Gasteiger partial charge in [-0.25, -0.2) is 13.1 Å². The zero-order valence-corrected chi connectivity index (χ0v) is 12.9. The molecule has 6 heteroatoms. The molecular formula is C13H17BrN2O2S. The normalized spacial score (nSPS) is 29.8. The first kappa shape index (κ1) is 13.4. The predicted octanol–water partition coefficient (Wildman–Crippen LogP) is 2.50. The maximum absolute atomic E-state index is 12.4. The van der Waals surface area contributed by atoms with Gasteiger partial charge in [0.2, 0.25) is 10.0 Å². The number of nitrogens with one attached hydrogen (secondary N) is 1. The molecular weight excluding hydrogens is 328 g/mol. The largest absolute Gasteiger partial charge is 0.399 e. The van der Waals surface area contributed by atoms with Crippen molar-refractivity contribution >= 4 is 31.6 Å². The van der Waals surface area contributed by atoms with Crippen molar-refractivity contribution in [2.45, 2.75) is 36.6 Å². The lowest BCUT2D eigenvalue weighted by atomic mass is 9.96. The third-order valence-corrected chi connectivity index (χ3v) is 6.76. The quantitative estimate of drug-likeness (QED) is 0.827. The van der Waals surface area contributed by atoms with Gasteiger partial charge in [-0.1, -0.05) is 6.42 Å². The van der Waals surface area contributed by atoms with E-state index in [9.17, 15) is 8.42 Å². The molecule has 3 unspecified atom stereocenters. The van der Waals surface area contributed by atoms with Crippen LogP contribution in [-0.4, -0.2) is 14.5 Å². The summed E-state index contributed by atoms with van der Waals surface area (Å²) in [4.78, 5) is 0.268. The van der Waals surface area contributed by atoms with Crippen molar-refractivity contribution in [1.29, 1.82) is 0 Å². The minimum atomic E-state index is -3.47. The zero-order chi connectivity index (χ0) is 13.6. The number of halogens is 1. The highest BCUT2D eigenvalue weighted by atomic mass is 79.9. The van der Waals surface area contributed by atoms with Crippen LogP contribution in [-0.2, 0) is 10.0 Å². The highest BCUT2D eigenvalue weighted by Gasteiger charge is 2.41. The summed E-state index contributed by atoms with van der Waals surface area (Å²) in [6.07, 6.45) is 4.57. The summed E-state index contributed by atoms with van der Waals surface area (Å²) in [6, 6.07) is 4.89. The Kier molecular flexibility index (Phi) is 3.35. The molecule has 3 N–H and O–H groups in total. The minimum Gasteiger partial charge on any atom is -0.399 e. The van der Waals surface area contributed by atoms with E-state index >= 15 is 0 Å². The Morgan fingerprint density at radius 3 is 2.63 bits per heavy atom. The molecule has 0 spiro atoms. The van der Waals surface area contributed by atoms with Crippen LogP contribution in [0.3, 0.4) is 0 Å². The summed E-state index contributed by atoms with van der Waals surface area (Å²) in [7, 11) is -3.47. The minimum absolute atomic E-state index is 0.105. The van der Waals surface area contributed by atoms with Gasteiger partial charge in [0, 0.05) is 16.2 Å². The molecule has 2 saturated carbocycles. The third kappa shape index (κ3) is 2.53. The van der Waals surface area contributed by atoms with Crippen molar-refractivity contribution in [3.05, 3.63) is 22.7 Å². The molecule has 0 saturated heterocycles. The second-order valence-corrected chi connectivity index (χ2v) is 8.13. The first-order valence-corrected chi connectivity index (χ1v) is 8.80. The number of hydrogen-bond donors (Lipinski definition) is 2. The molecule has 1 aromatic rings. The van der Waals surface area contributed by atoms with Gasteiger partial charge in [-0.15, -0.1) is 0 Å². The lowest BCUT2D eigenvalue weighted by Crippen LogP contribution is -2.38. The molecule has 0 heterocycles. The number of sulfonamides is 1. The SMILES string of the molecule is Nc1ccc(S(=O)(=O)NC2CC3CCC2C3)c(Br)c1. The second-order valence-electron chi connectivity index (χ2n) is 5.59. The second kappa shape index (κ2) is 4.75. The van der Waals surface area contributed by atoms with Crippen LogP contribution in [0.1, 0.15) is 25.7 Å². The van der Waals surface area contributed by atoms with Gasteiger partial charge in [0.25, 0.3) is 0 Å². The number of rotatable bonds is 3. The lowest BCUT2D eigenvalue weighted by Gasteiger charge is -2.23. The van der Waals surface area contributed by atoms with Gasteiger partial charge in [-0.3, -0.25) is 0 Å². The molecule has 2 fully saturated rings. The molecule has 3 atom stereocenters. The van der Waals surface area contributed by atoms with E-state index in [-0.39, 0.29) is 10.9 Å². The number of anilines is 1. The van der Waals surface area contributed by atoms with Gasteiger partial charge in [0.05, 0.1) is 4.90 Å². The van der Waals surface area contributed by atoms with Crippen LogP contribution in [0.5, 0.6) is 0 Å². The van der Waals surface area contributed by atoms with Crippen molar-refractivity contribution in [2.75, 3.05) is 5.73 Å². The number of nitrogen functional groups attached to an aromatic ring is 1. The van der Waals surface area contributed by atoms with Crippen LogP contribution in [0.25, 0.3) is 0 Å². The van der Waals surface area contributed by atoms with E-state index in [1.54, 1.807) is 18.2 Å². The van der Waals surface area contributed by atoms with Crippen LogP contribution < -0.4 is 10.5 Å². The van der Waals surface area contributed by atoms with E-state index in [0.717, 1.165) is 12.8 Å². The van der Waals surface area contributed by atoms with Crippen molar-refractivity contribution in [2.24, 2.45) is 11.8 Å². The van der Waals surface area contributed by atoms with Crippen molar-refractivity contribution < 1.29 is 8.42 Å². The average Bonchev–Trinajstić information content (AvgIpc) is 2.89. The Morgan fingerprint density at radius 2 is 2.05 bits per heavy atom. The van der Waals surface area contributed by atoms with Gasteiger partial charge >= 0.3 is 0 Å². The van der Waals surface area contributed by atoms with E-state index < -0.39 is 10.0 Å².